The van der Waals surface area contributed by atoms with E-state index in [1.54, 1.807) is 11.8 Å². The highest BCUT2D eigenvalue weighted by Crippen LogP contribution is 2.28. The van der Waals surface area contributed by atoms with E-state index in [1.165, 1.54) is 4.90 Å². The fourth-order valence-corrected chi connectivity index (χ4v) is 2.54. The van der Waals surface area contributed by atoms with Gasteiger partial charge < -0.3 is 0 Å². The average Bonchev–Trinajstić information content (AvgIpc) is 2.98. The number of aromatic nitrogens is 3. The summed E-state index contributed by atoms with van der Waals surface area (Å²) in [4.78, 5) is 5.77. The number of nitrogens with zero attached hydrogens (tertiary/aromatic N) is 2. The number of thioether (sulfide) groups is 1. The van der Waals surface area contributed by atoms with Crippen molar-refractivity contribution >= 4 is 11.8 Å². The molecule has 0 aliphatic rings. The number of nitrogens with one attached hydrogen (secondary N) is 1. The Labute approximate surface area is 116 Å². The van der Waals surface area contributed by atoms with Crippen molar-refractivity contribution in [2.24, 2.45) is 0 Å². The molecule has 94 valence electrons. The molecule has 0 bridgehead atoms. The van der Waals surface area contributed by atoms with Gasteiger partial charge in [-0.05, 0) is 12.3 Å². The lowest BCUT2D eigenvalue weighted by atomic mass is 10.2. The number of H-pyrrole nitrogens is 1. The minimum Gasteiger partial charge on any atom is -0.259 e. The molecule has 0 atom stereocenters. The second-order valence-corrected chi connectivity index (χ2v) is 4.92. The van der Waals surface area contributed by atoms with Crippen LogP contribution < -0.4 is 0 Å². The molecular weight excluding hydrogens is 254 g/mol. The number of hydrogen-bond acceptors (Lipinski definition) is 3. The van der Waals surface area contributed by atoms with Crippen molar-refractivity contribution < 1.29 is 0 Å². The van der Waals surface area contributed by atoms with Gasteiger partial charge in [0, 0.05) is 16.0 Å². The Balaban J connectivity index is 2.02. The van der Waals surface area contributed by atoms with E-state index in [0.717, 1.165) is 22.8 Å². The maximum atomic E-state index is 4.58. The first kappa shape index (κ1) is 12.0. The van der Waals surface area contributed by atoms with Crippen LogP contribution in [-0.2, 0) is 0 Å². The predicted octanol–water partition coefficient (Wildman–Crippen LogP) is 3.86. The van der Waals surface area contributed by atoms with Gasteiger partial charge in [-0.1, -0.05) is 48.5 Å². The Kier molecular flexibility index (Phi) is 3.33. The van der Waals surface area contributed by atoms with Crippen LogP contribution in [0.1, 0.15) is 0 Å². The van der Waals surface area contributed by atoms with Crippen LogP contribution in [0.4, 0.5) is 0 Å². The van der Waals surface area contributed by atoms with Crippen LogP contribution in [0.15, 0.2) is 59.5 Å². The van der Waals surface area contributed by atoms with Gasteiger partial charge in [-0.2, -0.15) is 5.10 Å². The van der Waals surface area contributed by atoms with E-state index in [1.807, 2.05) is 42.5 Å². The highest BCUT2D eigenvalue weighted by Gasteiger charge is 2.10. The predicted molar refractivity (Wildman–Crippen MR) is 79.0 cm³/mol. The van der Waals surface area contributed by atoms with Gasteiger partial charge in [-0.25, -0.2) is 4.98 Å². The molecule has 1 N–H and O–H groups in total. The molecule has 0 amide bonds. The summed E-state index contributed by atoms with van der Waals surface area (Å²) in [6.45, 7) is 0. The molecule has 0 fully saturated rings. The Bertz CT molecular complexity index is 677. The minimum atomic E-state index is 0.728. The largest absolute Gasteiger partial charge is 0.259 e. The highest BCUT2D eigenvalue weighted by molar-refractivity contribution is 7.98. The van der Waals surface area contributed by atoms with Crippen molar-refractivity contribution in [1.29, 1.82) is 0 Å². The molecule has 0 spiro atoms. The normalized spacial score (nSPS) is 10.6. The monoisotopic (exact) mass is 267 g/mol. The molecule has 4 heteroatoms. The van der Waals surface area contributed by atoms with E-state index < -0.39 is 0 Å². The van der Waals surface area contributed by atoms with Crippen LogP contribution in [0.2, 0.25) is 0 Å². The smallest absolute Gasteiger partial charge is 0.181 e. The third-order valence-electron chi connectivity index (χ3n) is 2.88. The van der Waals surface area contributed by atoms with Crippen molar-refractivity contribution in [2.45, 2.75) is 4.90 Å². The molecule has 0 radical (unpaired) electrons. The first-order valence-electron chi connectivity index (χ1n) is 5.99. The fraction of sp³-hybridized carbons (Fsp3) is 0.0667. The maximum Gasteiger partial charge on any atom is 0.181 e. The summed E-state index contributed by atoms with van der Waals surface area (Å²) in [7, 11) is 0. The van der Waals surface area contributed by atoms with Crippen molar-refractivity contribution in [3.05, 3.63) is 54.6 Å². The molecule has 0 saturated carbocycles. The summed E-state index contributed by atoms with van der Waals surface area (Å²) in [6.07, 6.45) is 2.06. The number of hydrogen-bond donors (Lipinski definition) is 1. The molecule has 0 unspecified atom stereocenters. The number of rotatable bonds is 3. The summed E-state index contributed by atoms with van der Waals surface area (Å²) in [5.74, 6) is 1.54. The molecule has 3 rings (SSSR count). The third kappa shape index (κ3) is 2.39. The van der Waals surface area contributed by atoms with Crippen LogP contribution in [0.25, 0.3) is 22.8 Å². The van der Waals surface area contributed by atoms with Gasteiger partial charge in [-0.3, -0.25) is 5.10 Å². The van der Waals surface area contributed by atoms with E-state index in [0.29, 0.717) is 0 Å². The molecule has 1 aromatic heterocycles. The zero-order chi connectivity index (χ0) is 13.1. The lowest BCUT2D eigenvalue weighted by Crippen LogP contribution is -1.84. The van der Waals surface area contributed by atoms with Crippen molar-refractivity contribution in [1.82, 2.24) is 15.2 Å². The lowest BCUT2D eigenvalue weighted by molar-refractivity contribution is 1.10. The molecular formula is C15H13N3S. The Morgan fingerprint density at radius 1 is 0.947 bits per heavy atom. The first-order chi connectivity index (χ1) is 9.38. The number of aromatic amines is 1. The van der Waals surface area contributed by atoms with Gasteiger partial charge in [0.1, 0.15) is 0 Å². The second-order valence-electron chi connectivity index (χ2n) is 4.07. The minimum absolute atomic E-state index is 0.728. The van der Waals surface area contributed by atoms with E-state index in [9.17, 15) is 0 Å². The first-order valence-corrected chi connectivity index (χ1v) is 7.22. The molecule has 3 aromatic rings. The van der Waals surface area contributed by atoms with E-state index in [-0.39, 0.29) is 0 Å². The third-order valence-corrected chi connectivity index (χ3v) is 3.68. The summed E-state index contributed by atoms with van der Waals surface area (Å²) in [5.41, 5.74) is 2.11. The summed E-state index contributed by atoms with van der Waals surface area (Å²) < 4.78 is 0. The van der Waals surface area contributed by atoms with E-state index >= 15 is 0 Å². The van der Waals surface area contributed by atoms with Crippen LogP contribution >= 0.6 is 11.8 Å². The Hall–Kier alpha value is -2.07. The van der Waals surface area contributed by atoms with Gasteiger partial charge in [-0.15, -0.1) is 11.8 Å². The van der Waals surface area contributed by atoms with Crippen LogP contribution in [0.5, 0.6) is 0 Å². The van der Waals surface area contributed by atoms with Gasteiger partial charge in [0.05, 0.1) is 0 Å². The average molecular weight is 267 g/mol. The maximum absolute atomic E-state index is 4.58. The van der Waals surface area contributed by atoms with E-state index in [4.69, 9.17) is 0 Å². The van der Waals surface area contributed by atoms with E-state index in [2.05, 4.69) is 33.6 Å². The summed E-state index contributed by atoms with van der Waals surface area (Å²) >= 11 is 1.71. The Morgan fingerprint density at radius 3 is 2.47 bits per heavy atom. The van der Waals surface area contributed by atoms with Crippen molar-refractivity contribution in [3.8, 4) is 22.8 Å². The Morgan fingerprint density at radius 2 is 1.68 bits per heavy atom. The number of benzene rings is 2. The van der Waals surface area contributed by atoms with Gasteiger partial charge >= 0.3 is 0 Å². The van der Waals surface area contributed by atoms with Crippen LogP contribution in [0.3, 0.4) is 0 Å². The second kappa shape index (κ2) is 5.28. The fourth-order valence-electron chi connectivity index (χ4n) is 1.94. The van der Waals surface area contributed by atoms with Crippen molar-refractivity contribution in [2.75, 3.05) is 6.26 Å². The van der Waals surface area contributed by atoms with Gasteiger partial charge in [0.25, 0.3) is 0 Å². The molecule has 3 nitrogen and oxygen atoms in total. The molecule has 0 aliphatic carbocycles. The summed E-state index contributed by atoms with van der Waals surface area (Å²) in [5, 5.41) is 7.31. The molecule has 2 aromatic carbocycles. The molecule has 0 aliphatic heterocycles. The van der Waals surface area contributed by atoms with Gasteiger partial charge in [0.2, 0.25) is 0 Å². The zero-order valence-electron chi connectivity index (χ0n) is 10.5. The highest BCUT2D eigenvalue weighted by atomic mass is 32.2. The van der Waals surface area contributed by atoms with Crippen molar-refractivity contribution in [3.63, 3.8) is 0 Å². The van der Waals surface area contributed by atoms with Gasteiger partial charge in [0.15, 0.2) is 11.6 Å². The molecule has 0 saturated heterocycles. The summed E-state index contributed by atoms with van der Waals surface area (Å²) in [6, 6.07) is 18.2. The van der Waals surface area contributed by atoms with Crippen LogP contribution in [-0.4, -0.2) is 21.4 Å². The van der Waals surface area contributed by atoms with Crippen LogP contribution in [0, 0.1) is 0 Å². The topological polar surface area (TPSA) is 41.6 Å². The molecule has 19 heavy (non-hydrogen) atoms. The molecule has 1 heterocycles. The zero-order valence-corrected chi connectivity index (χ0v) is 11.3. The standard InChI is InChI=1S/C15H13N3S/c1-19-13-10-6-5-9-12(13)15-16-14(17-18-15)11-7-3-2-4-8-11/h2-10H,1H3,(H,16,17,18). The lowest BCUT2D eigenvalue weighted by Gasteiger charge is -2.02. The quantitative estimate of drug-likeness (QED) is 0.733. The SMILES string of the molecule is CSc1ccccc1-c1nc(-c2ccccc2)n[nH]1.